The number of hydrogen-bond acceptors (Lipinski definition) is 2. The number of fused-ring (bicyclic) bond motifs is 1. The average Bonchev–Trinajstić information content (AvgIpc) is 2.88. The lowest BCUT2D eigenvalue weighted by Crippen LogP contribution is -2.23. The zero-order valence-electron chi connectivity index (χ0n) is 13.0. The van der Waals surface area contributed by atoms with Crippen LogP contribution in [0.1, 0.15) is 25.5 Å². The average molecular weight is 293 g/mol. The molecule has 2 heterocycles. The largest absolute Gasteiger partial charge is 0.350 e. The van der Waals surface area contributed by atoms with Gasteiger partial charge in [0.1, 0.15) is 5.65 Å². The second-order valence-corrected chi connectivity index (χ2v) is 5.57. The molecule has 3 aromatic rings. The number of amides is 1. The molecule has 0 unspecified atom stereocenters. The molecule has 3 rings (SSSR count). The minimum absolute atomic E-state index is 0.0146. The van der Waals surface area contributed by atoms with Gasteiger partial charge < -0.3 is 9.88 Å². The zero-order chi connectivity index (χ0) is 15.7. The maximum Gasteiger partial charge on any atom is 0.217 e. The minimum atomic E-state index is -0.0169. The molecule has 4 nitrogen and oxygen atoms in total. The smallest absolute Gasteiger partial charge is 0.217 e. The summed E-state index contributed by atoms with van der Waals surface area (Å²) in [6.07, 6.45) is 3.86. The highest BCUT2D eigenvalue weighted by atomic mass is 16.1. The molecule has 22 heavy (non-hydrogen) atoms. The van der Waals surface area contributed by atoms with E-state index in [0.717, 1.165) is 22.2 Å². The van der Waals surface area contributed by atoms with Crippen molar-refractivity contribution in [3.05, 3.63) is 54.4 Å². The second kappa shape index (κ2) is 5.64. The maximum absolute atomic E-state index is 11.1. The van der Waals surface area contributed by atoms with Crippen molar-refractivity contribution in [1.29, 1.82) is 0 Å². The van der Waals surface area contributed by atoms with Gasteiger partial charge >= 0.3 is 0 Å². The summed E-state index contributed by atoms with van der Waals surface area (Å²) in [6, 6.07) is 12.4. The number of nitrogens with one attached hydrogen (secondary N) is 1. The summed E-state index contributed by atoms with van der Waals surface area (Å²) in [7, 11) is 2.00. The molecule has 0 radical (unpaired) electrons. The van der Waals surface area contributed by atoms with Crippen molar-refractivity contribution in [2.45, 2.75) is 19.9 Å². The Balaban J connectivity index is 1.96. The third-order valence-electron chi connectivity index (χ3n) is 3.91. The van der Waals surface area contributed by atoms with Gasteiger partial charge in [0.25, 0.3) is 0 Å². The van der Waals surface area contributed by atoms with E-state index >= 15 is 0 Å². The Bertz CT molecular complexity index is 818. The quantitative estimate of drug-likeness (QED) is 0.804. The number of carbonyl (C=O) groups is 1. The minimum Gasteiger partial charge on any atom is -0.350 e. The third kappa shape index (κ3) is 2.60. The van der Waals surface area contributed by atoms with Gasteiger partial charge in [0.2, 0.25) is 5.91 Å². The van der Waals surface area contributed by atoms with Crippen molar-refractivity contribution >= 4 is 16.9 Å². The van der Waals surface area contributed by atoms with Gasteiger partial charge in [-0.1, -0.05) is 24.3 Å². The summed E-state index contributed by atoms with van der Waals surface area (Å²) >= 11 is 0. The van der Waals surface area contributed by atoms with E-state index in [4.69, 9.17) is 0 Å². The Labute approximate surface area is 129 Å². The number of carbonyl (C=O) groups excluding carboxylic acids is 1. The summed E-state index contributed by atoms with van der Waals surface area (Å²) in [5.74, 6) is -0.0169. The standard InChI is InChI=1S/C18H19N3O/c1-12(20-13(2)22)14-4-6-15(7-5-14)16-8-10-19-18-17(16)9-11-21(18)3/h4-12H,1-3H3,(H,20,22)/t12-/m1/s1. The van der Waals surface area contributed by atoms with E-state index in [1.54, 1.807) is 0 Å². The van der Waals surface area contributed by atoms with Gasteiger partial charge in [-0.15, -0.1) is 0 Å². The Kier molecular flexibility index (Phi) is 3.67. The molecule has 0 bridgehead atoms. The van der Waals surface area contributed by atoms with Gasteiger partial charge in [-0.05, 0) is 35.7 Å². The number of aryl methyl sites for hydroxylation is 1. The van der Waals surface area contributed by atoms with Crippen molar-refractivity contribution in [2.75, 3.05) is 0 Å². The van der Waals surface area contributed by atoms with Crippen LogP contribution in [0, 0.1) is 0 Å². The van der Waals surface area contributed by atoms with Crippen LogP contribution in [0.4, 0.5) is 0 Å². The molecular weight excluding hydrogens is 274 g/mol. The van der Waals surface area contributed by atoms with Crippen LogP contribution < -0.4 is 5.32 Å². The van der Waals surface area contributed by atoms with Crippen molar-refractivity contribution in [1.82, 2.24) is 14.9 Å². The van der Waals surface area contributed by atoms with Crippen molar-refractivity contribution in [2.24, 2.45) is 7.05 Å². The summed E-state index contributed by atoms with van der Waals surface area (Å²) in [4.78, 5) is 15.6. The van der Waals surface area contributed by atoms with Crippen LogP contribution in [-0.4, -0.2) is 15.5 Å². The highest BCUT2D eigenvalue weighted by Crippen LogP contribution is 2.28. The fraction of sp³-hybridized carbons (Fsp3) is 0.222. The van der Waals surface area contributed by atoms with E-state index < -0.39 is 0 Å². The lowest BCUT2D eigenvalue weighted by Gasteiger charge is -2.13. The van der Waals surface area contributed by atoms with Crippen molar-refractivity contribution in [3.8, 4) is 11.1 Å². The fourth-order valence-electron chi connectivity index (χ4n) is 2.76. The lowest BCUT2D eigenvalue weighted by molar-refractivity contribution is -0.119. The second-order valence-electron chi connectivity index (χ2n) is 5.57. The normalized spacial score (nSPS) is 12.3. The topological polar surface area (TPSA) is 46.9 Å². The first-order valence-corrected chi connectivity index (χ1v) is 7.34. The predicted octanol–water partition coefficient (Wildman–Crippen LogP) is 3.44. The SMILES string of the molecule is CC(=O)N[C@H](C)c1ccc(-c2ccnc3c2ccn3C)cc1. The fourth-order valence-corrected chi connectivity index (χ4v) is 2.76. The Morgan fingerprint density at radius 3 is 2.59 bits per heavy atom. The molecular formula is C18H19N3O. The van der Waals surface area contributed by atoms with Gasteiger partial charge in [0.05, 0.1) is 6.04 Å². The molecule has 2 aromatic heterocycles. The first-order chi connectivity index (χ1) is 10.6. The molecule has 112 valence electrons. The van der Waals surface area contributed by atoms with Crippen LogP contribution in [0.15, 0.2) is 48.8 Å². The molecule has 0 fully saturated rings. The molecule has 0 spiro atoms. The highest BCUT2D eigenvalue weighted by molar-refractivity contribution is 5.93. The predicted molar refractivity (Wildman–Crippen MR) is 88.4 cm³/mol. The highest BCUT2D eigenvalue weighted by Gasteiger charge is 2.09. The van der Waals surface area contributed by atoms with E-state index in [-0.39, 0.29) is 11.9 Å². The van der Waals surface area contributed by atoms with E-state index in [1.807, 2.05) is 37.0 Å². The van der Waals surface area contributed by atoms with E-state index in [2.05, 4.69) is 40.6 Å². The first kappa shape index (κ1) is 14.3. The first-order valence-electron chi connectivity index (χ1n) is 7.34. The monoisotopic (exact) mass is 293 g/mol. The number of benzene rings is 1. The number of aromatic nitrogens is 2. The Hall–Kier alpha value is -2.62. The molecule has 0 aliphatic carbocycles. The van der Waals surface area contributed by atoms with E-state index in [1.165, 1.54) is 12.5 Å². The summed E-state index contributed by atoms with van der Waals surface area (Å²) in [5, 5.41) is 4.04. The van der Waals surface area contributed by atoms with Crippen LogP contribution in [0.25, 0.3) is 22.2 Å². The van der Waals surface area contributed by atoms with Crippen LogP contribution in [-0.2, 0) is 11.8 Å². The van der Waals surface area contributed by atoms with Crippen molar-refractivity contribution < 1.29 is 4.79 Å². The van der Waals surface area contributed by atoms with Crippen molar-refractivity contribution in [3.63, 3.8) is 0 Å². The lowest BCUT2D eigenvalue weighted by atomic mass is 10.0. The van der Waals surface area contributed by atoms with Gasteiger partial charge in [0, 0.05) is 31.8 Å². The maximum atomic E-state index is 11.1. The van der Waals surface area contributed by atoms with Crippen LogP contribution >= 0.6 is 0 Å². The van der Waals surface area contributed by atoms with Gasteiger partial charge in [-0.3, -0.25) is 4.79 Å². The molecule has 0 saturated heterocycles. The molecule has 1 aromatic carbocycles. The van der Waals surface area contributed by atoms with Crippen LogP contribution in [0.3, 0.4) is 0 Å². The summed E-state index contributed by atoms with van der Waals surface area (Å²) < 4.78 is 2.02. The molecule has 0 aliphatic heterocycles. The van der Waals surface area contributed by atoms with Gasteiger partial charge in [-0.2, -0.15) is 0 Å². The van der Waals surface area contributed by atoms with Gasteiger partial charge in [-0.25, -0.2) is 4.98 Å². The summed E-state index contributed by atoms with van der Waals surface area (Å²) in [6.45, 7) is 3.52. The third-order valence-corrected chi connectivity index (χ3v) is 3.91. The molecule has 1 N–H and O–H groups in total. The number of rotatable bonds is 3. The Morgan fingerprint density at radius 2 is 1.91 bits per heavy atom. The van der Waals surface area contributed by atoms with Gasteiger partial charge in [0.15, 0.2) is 0 Å². The number of hydrogen-bond donors (Lipinski definition) is 1. The summed E-state index contributed by atoms with van der Waals surface area (Å²) in [5.41, 5.74) is 4.40. The zero-order valence-corrected chi connectivity index (χ0v) is 13.0. The molecule has 4 heteroatoms. The van der Waals surface area contributed by atoms with E-state index in [0.29, 0.717) is 0 Å². The molecule has 0 saturated carbocycles. The number of pyridine rings is 1. The van der Waals surface area contributed by atoms with Crippen LogP contribution in [0.2, 0.25) is 0 Å². The Morgan fingerprint density at radius 1 is 1.18 bits per heavy atom. The molecule has 0 aliphatic rings. The van der Waals surface area contributed by atoms with Crippen LogP contribution in [0.5, 0.6) is 0 Å². The van der Waals surface area contributed by atoms with E-state index in [9.17, 15) is 4.79 Å². The molecule has 1 amide bonds. The molecule has 1 atom stereocenters. The number of nitrogens with zero attached hydrogens (tertiary/aromatic N) is 2.